The Kier molecular flexibility index (Phi) is 19.1. The number of ether oxygens (including phenoxy) is 2. The molecule has 18 aromatic carbocycles. The fourth-order valence-electron chi connectivity index (χ4n) is 18.6. The summed E-state index contributed by atoms with van der Waals surface area (Å²) < 4.78 is 118. The molecule has 5 nitrogen and oxygen atoms in total. The number of fused-ring (bicyclic) bond motifs is 9. The Morgan fingerprint density at radius 3 is 0.944 bits per heavy atom. The van der Waals surface area contributed by atoms with E-state index in [0.29, 0.717) is 67.7 Å². The molecule has 0 spiro atoms. The normalized spacial score (nSPS) is 14.1. The first-order chi connectivity index (χ1) is 61.2. The van der Waals surface area contributed by atoms with E-state index in [1.54, 1.807) is 46.2 Å². The highest BCUT2D eigenvalue weighted by atomic mass is 19.1. The lowest BCUT2D eigenvalue weighted by molar-refractivity contribution is 0.482. The van der Waals surface area contributed by atoms with Crippen LogP contribution in [0.4, 0.5) is 60.5 Å². The van der Waals surface area contributed by atoms with Crippen molar-refractivity contribution in [2.75, 3.05) is 9.80 Å². The Hall–Kier alpha value is -16.0. The zero-order chi connectivity index (χ0) is 84.6. The second kappa shape index (κ2) is 31.2. The zero-order valence-corrected chi connectivity index (χ0v) is 67.1. The molecule has 125 heavy (non-hydrogen) atoms. The smallest absolute Gasteiger partial charge is 0.148 e. The summed E-state index contributed by atoms with van der Waals surface area (Å²) in [5.74, 6) is -1.32. The molecule has 598 valence electrons. The number of benzene rings is 18. The van der Waals surface area contributed by atoms with Crippen molar-refractivity contribution >= 4 is 68.2 Å². The molecule has 0 saturated carbocycles. The molecule has 0 fully saturated rings. The first-order valence-electron chi connectivity index (χ1n) is 41.2. The minimum atomic E-state index is -0.774. The summed E-state index contributed by atoms with van der Waals surface area (Å²) in [5.41, 5.74) is 19.8. The Balaban J connectivity index is 0.669. The molecule has 0 saturated heterocycles. The van der Waals surface area contributed by atoms with Crippen molar-refractivity contribution in [3.63, 3.8) is 0 Å². The third-order valence-corrected chi connectivity index (χ3v) is 24.5. The monoisotopic (exact) mass is 1630 g/mol. The average molecular weight is 1630 g/mol. The van der Waals surface area contributed by atoms with Gasteiger partial charge in [-0.15, -0.1) is 0 Å². The molecular formula is C114H72F6N2O3. The van der Waals surface area contributed by atoms with Gasteiger partial charge < -0.3 is 23.7 Å². The van der Waals surface area contributed by atoms with E-state index in [0.717, 1.165) is 124 Å². The van der Waals surface area contributed by atoms with E-state index in [1.165, 1.54) is 48.5 Å². The van der Waals surface area contributed by atoms with E-state index < -0.39 is 45.7 Å². The Morgan fingerprint density at radius 1 is 0.248 bits per heavy atom. The van der Waals surface area contributed by atoms with Crippen molar-refractivity contribution in [3.05, 3.63) is 504 Å². The number of furan rings is 1. The fourth-order valence-corrected chi connectivity index (χ4v) is 18.6. The van der Waals surface area contributed by atoms with Crippen LogP contribution in [0.1, 0.15) is 55.6 Å². The van der Waals surface area contributed by atoms with Crippen LogP contribution in [0.25, 0.3) is 101 Å². The quantitative estimate of drug-likeness (QED) is 0.0711. The van der Waals surface area contributed by atoms with E-state index >= 15 is 17.6 Å². The molecular weight excluding hydrogens is 1560 g/mol. The largest absolute Gasteiger partial charge is 0.457 e. The van der Waals surface area contributed by atoms with Gasteiger partial charge in [-0.1, -0.05) is 256 Å². The lowest BCUT2D eigenvalue weighted by Gasteiger charge is -2.34. The number of rotatable bonds is 20. The van der Waals surface area contributed by atoms with E-state index in [9.17, 15) is 8.78 Å². The van der Waals surface area contributed by atoms with Gasteiger partial charge >= 0.3 is 0 Å². The summed E-state index contributed by atoms with van der Waals surface area (Å²) in [6.45, 7) is 7.80. The third kappa shape index (κ3) is 13.3. The number of hydrogen-bond donors (Lipinski definition) is 0. The first kappa shape index (κ1) is 76.4. The number of hydrogen-bond acceptors (Lipinski definition) is 5. The summed E-state index contributed by atoms with van der Waals surface area (Å²) in [7, 11) is 0. The van der Waals surface area contributed by atoms with Gasteiger partial charge in [0.15, 0.2) is 0 Å². The number of nitrogens with zero attached hydrogens (tertiary/aromatic N) is 2. The van der Waals surface area contributed by atoms with Crippen molar-refractivity contribution in [1.82, 2.24) is 0 Å². The zero-order valence-electron chi connectivity index (χ0n) is 67.1. The van der Waals surface area contributed by atoms with Crippen molar-refractivity contribution in [2.24, 2.45) is 0 Å². The van der Waals surface area contributed by atoms with Gasteiger partial charge in [0.05, 0.1) is 22.2 Å². The van der Waals surface area contributed by atoms with Gasteiger partial charge in [-0.25, -0.2) is 26.3 Å². The molecule has 0 N–H and O–H groups in total. The van der Waals surface area contributed by atoms with Gasteiger partial charge in [0.1, 0.15) is 69.1 Å². The van der Waals surface area contributed by atoms with E-state index in [1.807, 2.05) is 146 Å². The van der Waals surface area contributed by atoms with Crippen LogP contribution < -0.4 is 19.3 Å². The predicted octanol–water partition coefficient (Wildman–Crippen LogP) is 31.6. The molecule has 2 unspecified atom stereocenters. The highest BCUT2D eigenvalue weighted by Crippen LogP contribution is 2.60. The van der Waals surface area contributed by atoms with Gasteiger partial charge in [-0.05, 0) is 269 Å². The van der Waals surface area contributed by atoms with Gasteiger partial charge in [-0.3, -0.25) is 0 Å². The van der Waals surface area contributed by atoms with Gasteiger partial charge in [0.2, 0.25) is 0 Å². The second-order valence-corrected chi connectivity index (χ2v) is 31.5. The van der Waals surface area contributed by atoms with Crippen molar-refractivity contribution < 1.29 is 40.2 Å². The van der Waals surface area contributed by atoms with E-state index in [4.69, 9.17) is 13.9 Å². The number of anilines is 6. The SMILES string of the molecule is C=Cc1ccc(Oc2ccc(C3(c4ccccc4)c4ccccc4-c4ccc(-c5ccc(N(c6ccc7oc8ccc(N(c9ccc(-c%10ccc%11c(c%10)C(c%10ccccc%10)(c%10ccc(Oc%12ccc(C=C)cc%12)cc%10)c%10ccccc%10-%11)cc9)c9cc(F)c(-c%10ccc(F)cc%10)cc9F)cc8c7c6)c6cc(F)c(-c7ccc(F)cc7)cc6F)cc5)cc43)cc2)cc1. The standard InChI is InChI=1S/C114H72F6N2O3/c1-3-71-23-51-89(52-24-71)123-91-55-37-81(38-56-91)113(79-15-7-5-8-16-79)101-21-13-11-19-93(101)95-59-35-77(63-103(95)113)73-31-45-85(46-32-73)121(109-69-105(117)97(67-107(109)119)75-27-41-83(115)42-28-75)87-49-61-111-99(65-87)100-66-88(50-62-112(100)125-111)122(110-70-106(118)98(68-108(110)120)76-29-43-84(116)44-30-76)86-47-33-74(34-48-86)78-36-60-96-94-20-12-14-22-102(94)114(104(96)64-78,80-17-9-6-10-18-80)82-39-57-92(58-40-82)124-90-53-25-72(4-2)26-54-90/h3-70H,1-2H2. The summed E-state index contributed by atoms with van der Waals surface area (Å²) in [6.07, 6.45) is 3.59. The molecule has 21 rings (SSSR count). The van der Waals surface area contributed by atoms with Crippen LogP contribution >= 0.6 is 0 Å². The van der Waals surface area contributed by atoms with Crippen LogP contribution in [-0.4, -0.2) is 0 Å². The summed E-state index contributed by atoms with van der Waals surface area (Å²) in [5, 5.41) is 1.12. The van der Waals surface area contributed by atoms with Crippen LogP contribution in [0.3, 0.4) is 0 Å². The molecule has 0 amide bonds. The highest BCUT2D eigenvalue weighted by molar-refractivity contribution is 6.08. The summed E-state index contributed by atoms with van der Waals surface area (Å²) in [6, 6.07) is 125. The van der Waals surface area contributed by atoms with Gasteiger partial charge in [-0.2, -0.15) is 0 Å². The van der Waals surface area contributed by atoms with Crippen molar-refractivity contribution in [2.45, 2.75) is 10.8 Å². The van der Waals surface area contributed by atoms with Crippen LogP contribution in [0.2, 0.25) is 0 Å². The second-order valence-electron chi connectivity index (χ2n) is 31.5. The lowest BCUT2D eigenvalue weighted by atomic mass is 9.67. The van der Waals surface area contributed by atoms with E-state index in [-0.39, 0.29) is 33.6 Å². The van der Waals surface area contributed by atoms with E-state index in [2.05, 4.69) is 171 Å². The van der Waals surface area contributed by atoms with Crippen LogP contribution in [0.15, 0.2) is 418 Å². The Labute approximate surface area is 718 Å². The number of halogens is 6. The molecule has 0 aliphatic heterocycles. The molecule has 2 aliphatic carbocycles. The maximum Gasteiger partial charge on any atom is 0.148 e. The van der Waals surface area contributed by atoms with Gasteiger partial charge in [0.25, 0.3) is 0 Å². The molecule has 0 radical (unpaired) electrons. The minimum Gasteiger partial charge on any atom is -0.457 e. The molecule has 19 aromatic rings. The molecule has 1 aromatic heterocycles. The maximum atomic E-state index is 17.7. The van der Waals surface area contributed by atoms with Crippen molar-refractivity contribution in [1.29, 1.82) is 0 Å². The minimum absolute atomic E-state index is 0.0627. The molecule has 1 heterocycles. The molecule has 2 atom stereocenters. The van der Waals surface area contributed by atoms with Gasteiger partial charge in [0, 0.05) is 56.8 Å². The van der Waals surface area contributed by atoms with Crippen LogP contribution in [-0.2, 0) is 10.8 Å². The van der Waals surface area contributed by atoms with Crippen LogP contribution in [0, 0.1) is 34.9 Å². The average Bonchev–Trinajstić information content (AvgIpc) is 1.54. The fraction of sp³-hybridized carbons (Fsp3) is 0.0175. The third-order valence-electron chi connectivity index (χ3n) is 24.5. The molecule has 0 bridgehead atoms. The summed E-state index contributed by atoms with van der Waals surface area (Å²) in [4.78, 5) is 3.30. The van der Waals surface area contributed by atoms with Crippen LogP contribution in [0.5, 0.6) is 23.0 Å². The topological polar surface area (TPSA) is 38.1 Å². The highest BCUT2D eigenvalue weighted by Gasteiger charge is 2.48. The summed E-state index contributed by atoms with van der Waals surface area (Å²) >= 11 is 0. The first-order valence-corrected chi connectivity index (χ1v) is 41.2. The Bertz CT molecular complexity index is 6970. The molecule has 11 heteroatoms. The van der Waals surface area contributed by atoms with Crippen molar-refractivity contribution in [3.8, 4) is 89.8 Å². The Morgan fingerprint density at radius 2 is 0.568 bits per heavy atom. The lowest BCUT2D eigenvalue weighted by Crippen LogP contribution is -2.28. The molecule has 2 aliphatic rings. The maximum absolute atomic E-state index is 17.7. The predicted molar refractivity (Wildman–Crippen MR) is 492 cm³/mol.